The Hall–Kier alpha value is -3.22. The summed E-state index contributed by atoms with van der Waals surface area (Å²) in [6.45, 7) is 6.22. The van der Waals surface area contributed by atoms with Gasteiger partial charge in [0.05, 0.1) is 11.4 Å². The highest BCUT2D eigenvalue weighted by molar-refractivity contribution is 5.95. The number of nitrogens with zero attached hydrogens (tertiary/aromatic N) is 4. The van der Waals surface area contributed by atoms with E-state index in [2.05, 4.69) is 24.1 Å². The van der Waals surface area contributed by atoms with Crippen molar-refractivity contribution in [2.75, 3.05) is 11.9 Å². The first kappa shape index (κ1) is 17.2. The molecule has 0 unspecified atom stereocenters. The highest BCUT2D eigenvalue weighted by Gasteiger charge is 2.19. The van der Waals surface area contributed by atoms with Gasteiger partial charge in [0.2, 0.25) is 0 Å². The lowest BCUT2D eigenvalue weighted by Crippen LogP contribution is -2.25. The van der Waals surface area contributed by atoms with E-state index in [1.54, 1.807) is 6.20 Å². The third-order valence-corrected chi connectivity index (χ3v) is 4.46. The van der Waals surface area contributed by atoms with Crippen molar-refractivity contribution in [2.24, 2.45) is 0 Å². The molecule has 27 heavy (non-hydrogen) atoms. The van der Waals surface area contributed by atoms with Crippen LogP contribution in [0.1, 0.15) is 42.5 Å². The smallest absolute Gasteiger partial charge is 0.262 e. The van der Waals surface area contributed by atoms with Crippen LogP contribution in [0.15, 0.2) is 36.7 Å². The summed E-state index contributed by atoms with van der Waals surface area (Å²) < 4.78 is 7.32. The van der Waals surface area contributed by atoms with Crippen LogP contribution in [0.25, 0.3) is 5.69 Å². The van der Waals surface area contributed by atoms with Gasteiger partial charge in [-0.15, -0.1) is 0 Å². The van der Waals surface area contributed by atoms with Crippen molar-refractivity contribution in [3.8, 4) is 11.4 Å². The number of ether oxygens (including phenoxy) is 1. The van der Waals surface area contributed by atoms with Crippen LogP contribution in [0.4, 0.5) is 5.69 Å². The number of hydrogen-bond donors (Lipinski definition) is 1. The van der Waals surface area contributed by atoms with Crippen molar-refractivity contribution < 1.29 is 9.53 Å². The van der Waals surface area contributed by atoms with Crippen molar-refractivity contribution in [3.05, 3.63) is 59.4 Å². The van der Waals surface area contributed by atoms with Crippen LogP contribution >= 0.6 is 0 Å². The fourth-order valence-electron chi connectivity index (χ4n) is 3.04. The van der Waals surface area contributed by atoms with E-state index in [1.165, 1.54) is 0 Å². The fourth-order valence-corrected chi connectivity index (χ4v) is 3.04. The van der Waals surface area contributed by atoms with E-state index in [9.17, 15) is 4.79 Å². The molecule has 4 rings (SSSR count). The maximum atomic E-state index is 11.6. The number of aryl methyl sites for hydroxylation is 1. The highest BCUT2D eigenvalue weighted by atomic mass is 16.5. The van der Waals surface area contributed by atoms with Crippen molar-refractivity contribution in [2.45, 2.75) is 33.1 Å². The largest absolute Gasteiger partial charge is 0.482 e. The Labute approximate surface area is 157 Å². The zero-order chi connectivity index (χ0) is 19.0. The number of amides is 1. The van der Waals surface area contributed by atoms with Crippen LogP contribution in [0.2, 0.25) is 0 Å². The van der Waals surface area contributed by atoms with Gasteiger partial charge in [-0.05, 0) is 36.2 Å². The third-order valence-electron chi connectivity index (χ3n) is 4.46. The van der Waals surface area contributed by atoms with Gasteiger partial charge < -0.3 is 10.1 Å². The minimum absolute atomic E-state index is 0.0553. The second-order valence-electron chi connectivity index (χ2n) is 6.96. The van der Waals surface area contributed by atoms with Crippen molar-refractivity contribution in [1.82, 2.24) is 19.7 Å². The second kappa shape index (κ2) is 6.83. The number of anilines is 1. The molecule has 0 saturated heterocycles. The summed E-state index contributed by atoms with van der Waals surface area (Å²) in [5, 5.41) is 7.57. The molecule has 0 fully saturated rings. The molecule has 0 aliphatic carbocycles. The fraction of sp³-hybridized carbons (Fsp3) is 0.300. The molecule has 0 radical (unpaired) electrons. The van der Waals surface area contributed by atoms with Crippen LogP contribution in [-0.4, -0.2) is 32.3 Å². The van der Waals surface area contributed by atoms with Gasteiger partial charge in [-0.1, -0.05) is 19.9 Å². The number of nitrogens with one attached hydrogen (secondary N) is 1. The molecule has 1 aliphatic rings. The summed E-state index contributed by atoms with van der Waals surface area (Å²) in [7, 11) is 0. The van der Waals surface area contributed by atoms with Crippen molar-refractivity contribution in [3.63, 3.8) is 0 Å². The summed E-state index contributed by atoms with van der Waals surface area (Å²) in [6.07, 6.45) is 4.17. The second-order valence-corrected chi connectivity index (χ2v) is 6.96. The van der Waals surface area contributed by atoms with Crippen LogP contribution in [-0.2, 0) is 11.2 Å². The Morgan fingerprint density at radius 3 is 2.93 bits per heavy atom. The lowest BCUT2D eigenvalue weighted by atomic mass is 10.1. The molecule has 1 N–H and O–H groups in total. The first-order valence-electron chi connectivity index (χ1n) is 8.93. The number of carbonyl (C=O) groups excluding carboxylic acids is 1. The molecular formula is C20H21N5O2. The molecule has 1 aliphatic heterocycles. The lowest BCUT2D eigenvalue weighted by Gasteiger charge is -2.18. The topological polar surface area (TPSA) is 81.9 Å². The van der Waals surface area contributed by atoms with E-state index < -0.39 is 0 Å². The molecule has 7 nitrogen and oxygen atoms in total. The average Bonchev–Trinajstić information content (AvgIpc) is 3.05. The van der Waals surface area contributed by atoms with Gasteiger partial charge in [-0.2, -0.15) is 5.10 Å². The monoisotopic (exact) mass is 363 g/mol. The maximum absolute atomic E-state index is 11.6. The summed E-state index contributed by atoms with van der Waals surface area (Å²) >= 11 is 0. The molecule has 1 amide bonds. The molecule has 0 saturated carbocycles. The number of rotatable bonds is 4. The Bertz CT molecular complexity index is 1010. The number of benzene rings is 1. The van der Waals surface area contributed by atoms with Crippen LogP contribution in [0.5, 0.6) is 5.75 Å². The first-order chi connectivity index (χ1) is 13.0. The normalized spacial score (nSPS) is 13.3. The number of fused-ring (bicyclic) bond motifs is 1. The van der Waals surface area contributed by atoms with E-state index in [0.29, 0.717) is 17.9 Å². The van der Waals surface area contributed by atoms with E-state index in [0.717, 1.165) is 28.5 Å². The Balaban J connectivity index is 1.73. The van der Waals surface area contributed by atoms with Gasteiger partial charge in [-0.25, -0.2) is 9.67 Å². The van der Waals surface area contributed by atoms with Gasteiger partial charge in [-0.3, -0.25) is 9.78 Å². The molecule has 138 valence electrons. The van der Waals surface area contributed by atoms with E-state index in [4.69, 9.17) is 14.8 Å². The van der Waals surface area contributed by atoms with Gasteiger partial charge in [0, 0.05) is 24.7 Å². The predicted octanol–water partition coefficient (Wildman–Crippen LogP) is 3.02. The standard InChI is InChI=1S/C20H21N5O2/c1-12(2)20-23-18(25(24-20)16-6-7-21-10-13(16)3)9-14-4-5-17-15(8-14)22-19(26)11-27-17/h4-8,10,12H,9,11H2,1-3H3,(H,22,26). The zero-order valence-electron chi connectivity index (χ0n) is 15.6. The summed E-state index contributed by atoms with van der Waals surface area (Å²) in [6, 6.07) is 7.74. The van der Waals surface area contributed by atoms with E-state index in [1.807, 2.05) is 42.1 Å². The predicted molar refractivity (Wildman–Crippen MR) is 101 cm³/mol. The van der Waals surface area contributed by atoms with Crippen LogP contribution in [0, 0.1) is 6.92 Å². The molecule has 1 aromatic carbocycles. The number of carbonyl (C=O) groups is 1. The SMILES string of the molecule is Cc1cnccc1-n1nc(C(C)C)nc1Cc1ccc2c(c1)NC(=O)CO2. The average molecular weight is 363 g/mol. The number of aromatic nitrogens is 4. The van der Waals surface area contributed by atoms with Gasteiger partial charge in [0.1, 0.15) is 11.6 Å². The maximum Gasteiger partial charge on any atom is 0.262 e. The summed E-state index contributed by atoms with van der Waals surface area (Å²) in [4.78, 5) is 20.5. The van der Waals surface area contributed by atoms with Gasteiger partial charge >= 0.3 is 0 Å². The number of pyridine rings is 1. The van der Waals surface area contributed by atoms with Crippen LogP contribution in [0.3, 0.4) is 0 Å². The summed E-state index contributed by atoms with van der Waals surface area (Å²) in [5.74, 6) is 2.42. The molecule has 0 spiro atoms. The van der Waals surface area contributed by atoms with Crippen molar-refractivity contribution >= 4 is 11.6 Å². The van der Waals surface area contributed by atoms with E-state index in [-0.39, 0.29) is 18.4 Å². The molecular weight excluding hydrogens is 342 g/mol. The van der Waals surface area contributed by atoms with Crippen LogP contribution < -0.4 is 10.1 Å². The zero-order valence-corrected chi connectivity index (χ0v) is 15.6. The Kier molecular flexibility index (Phi) is 4.35. The summed E-state index contributed by atoms with van der Waals surface area (Å²) in [5.41, 5.74) is 3.72. The number of hydrogen-bond acceptors (Lipinski definition) is 5. The minimum Gasteiger partial charge on any atom is -0.482 e. The Morgan fingerprint density at radius 2 is 2.15 bits per heavy atom. The first-order valence-corrected chi connectivity index (χ1v) is 8.93. The molecule has 0 bridgehead atoms. The Morgan fingerprint density at radius 1 is 1.30 bits per heavy atom. The molecule has 3 heterocycles. The highest BCUT2D eigenvalue weighted by Crippen LogP contribution is 2.29. The minimum atomic E-state index is -0.141. The lowest BCUT2D eigenvalue weighted by molar-refractivity contribution is -0.118. The molecule has 2 aromatic heterocycles. The quantitative estimate of drug-likeness (QED) is 0.770. The van der Waals surface area contributed by atoms with Crippen molar-refractivity contribution in [1.29, 1.82) is 0 Å². The molecule has 3 aromatic rings. The molecule has 7 heteroatoms. The molecule has 0 atom stereocenters. The van der Waals surface area contributed by atoms with Gasteiger partial charge in [0.15, 0.2) is 12.4 Å². The van der Waals surface area contributed by atoms with Gasteiger partial charge in [0.25, 0.3) is 5.91 Å². The third kappa shape index (κ3) is 3.40. The van der Waals surface area contributed by atoms with E-state index >= 15 is 0 Å².